The standard InChI is InChI=1S/C11H21NO3/c12-9-1-4-11(13,5-2-9)8-15-10-3-6-14-7-10/h9-10,13H,1-8,12H2/t9-,10-,11+/m0/s1. The lowest BCUT2D eigenvalue weighted by atomic mass is 9.83. The molecule has 0 aromatic carbocycles. The van der Waals surface area contributed by atoms with E-state index in [4.69, 9.17) is 15.2 Å². The van der Waals surface area contributed by atoms with E-state index in [2.05, 4.69) is 0 Å². The van der Waals surface area contributed by atoms with Crippen LogP contribution in [0, 0.1) is 0 Å². The van der Waals surface area contributed by atoms with Crippen LogP contribution in [0.15, 0.2) is 0 Å². The first-order chi connectivity index (χ1) is 7.18. The highest BCUT2D eigenvalue weighted by Crippen LogP contribution is 2.28. The Labute approximate surface area is 90.7 Å². The highest BCUT2D eigenvalue weighted by molar-refractivity contribution is 4.87. The maximum Gasteiger partial charge on any atom is 0.0881 e. The molecule has 0 bridgehead atoms. The van der Waals surface area contributed by atoms with Gasteiger partial charge in [0.25, 0.3) is 0 Å². The monoisotopic (exact) mass is 215 g/mol. The summed E-state index contributed by atoms with van der Waals surface area (Å²) >= 11 is 0. The van der Waals surface area contributed by atoms with Crippen molar-refractivity contribution < 1.29 is 14.6 Å². The van der Waals surface area contributed by atoms with E-state index in [0.717, 1.165) is 38.7 Å². The van der Waals surface area contributed by atoms with E-state index in [0.29, 0.717) is 13.2 Å². The van der Waals surface area contributed by atoms with Crippen molar-refractivity contribution in [1.82, 2.24) is 0 Å². The first-order valence-electron chi connectivity index (χ1n) is 5.85. The Morgan fingerprint density at radius 2 is 2.07 bits per heavy atom. The zero-order chi connectivity index (χ0) is 10.7. The highest BCUT2D eigenvalue weighted by atomic mass is 16.5. The summed E-state index contributed by atoms with van der Waals surface area (Å²) in [5, 5.41) is 10.2. The molecule has 2 aliphatic rings. The Bertz CT molecular complexity index is 196. The Morgan fingerprint density at radius 3 is 2.67 bits per heavy atom. The predicted molar refractivity (Wildman–Crippen MR) is 56.6 cm³/mol. The largest absolute Gasteiger partial charge is 0.387 e. The van der Waals surface area contributed by atoms with Crippen LogP contribution in [-0.4, -0.2) is 42.7 Å². The van der Waals surface area contributed by atoms with Crippen molar-refractivity contribution in [3.8, 4) is 0 Å². The summed E-state index contributed by atoms with van der Waals surface area (Å²) in [6, 6.07) is 0.264. The first kappa shape index (κ1) is 11.3. The number of hydrogen-bond donors (Lipinski definition) is 2. The van der Waals surface area contributed by atoms with Crippen molar-refractivity contribution in [2.45, 2.75) is 49.9 Å². The molecule has 0 unspecified atom stereocenters. The van der Waals surface area contributed by atoms with Crippen LogP contribution >= 0.6 is 0 Å². The second kappa shape index (κ2) is 4.78. The fourth-order valence-electron chi connectivity index (χ4n) is 2.24. The second-order valence-corrected chi connectivity index (χ2v) is 4.86. The minimum absolute atomic E-state index is 0.185. The lowest BCUT2D eigenvalue weighted by Crippen LogP contribution is -2.43. The van der Waals surface area contributed by atoms with Gasteiger partial charge >= 0.3 is 0 Å². The minimum atomic E-state index is -0.640. The van der Waals surface area contributed by atoms with Crippen molar-refractivity contribution in [1.29, 1.82) is 0 Å². The van der Waals surface area contributed by atoms with Crippen molar-refractivity contribution in [2.75, 3.05) is 19.8 Å². The quantitative estimate of drug-likeness (QED) is 0.716. The summed E-state index contributed by atoms with van der Waals surface area (Å²) in [6.45, 7) is 1.90. The molecule has 0 radical (unpaired) electrons. The van der Waals surface area contributed by atoms with Crippen molar-refractivity contribution in [3.63, 3.8) is 0 Å². The molecule has 0 aromatic rings. The van der Waals surface area contributed by atoms with Gasteiger partial charge in [-0.1, -0.05) is 0 Å². The summed E-state index contributed by atoms with van der Waals surface area (Å²) in [4.78, 5) is 0. The average molecular weight is 215 g/mol. The van der Waals surface area contributed by atoms with E-state index in [-0.39, 0.29) is 12.1 Å². The van der Waals surface area contributed by atoms with E-state index in [1.165, 1.54) is 0 Å². The van der Waals surface area contributed by atoms with Crippen LogP contribution in [0.1, 0.15) is 32.1 Å². The van der Waals surface area contributed by atoms with Gasteiger partial charge in [0.05, 0.1) is 24.9 Å². The Balaban J connectivity index is 1.72. The third kappa shape index (κ3) is 3.14. The molecule has 3 N–H and O–H groups in total. The summed E-state index contributed by atoms with van der Waals surface area (Å²) in [7, 11) is 0. The average Bonchev–Trinajstić information content (AvgIpc) is 2.73. The molecule has 0 spiro atoms. The smallest absolute Gasteiger partial charge is 0.0881 e. The first-order valence-corrected chi connectivity index (χ1v) is 5.85. The van der Waals surface area contributed by atoms with E-state index < -0.39 is 5.60 Å². The lowest BCUT2D eigenvalue weighted by Gasteiger charge is -2.35. The van der Waals surface area contributed by atoms with Gasteiger partial charge in [0, 0.05) is 12.6 Å². The number of ether oxygens (including phenoxy) is 2. The minimum Gasteiger partial charge on any atom is -0.387 e. The molecular weight excluding hydrogens is 194 g/mol. The molecule has 1 saturated carbocycles. The zero-order valence-corrected chi connectivity index (χ0v) is 9.15. The van der Waals surface area contributed by atoms with Crippen LogP contribution in [0.3, 0.4) is 0 Å². The molecule has 1 heterocycles. The summed E-state index contributed by atoms with van der Waals surface area (Å²) in [6.07, 6.45) is 4.48. The fourth-order valence-corrected chi connectivity index (χ4v) is 2.24. The van der Waals surface area contributed by atoms with E-state index in [1.54, 1.807) is 0 Å². The van der Waals surface area contributed by atoms with Gasteiger partial charge < -0.3 is 20.3 Å². The van der Waals surface area contributed by atoms with Gasteiger partial charge in [0.1, 0.15) is 0 Å². The molecule has 2 fully saturated rings. The predicted octanol–water partition coefficient (Wildman–Crippen LogP) is 0.424. The second-order valence-electron chi connectivity index (χ2n) is 4.86. The molecule has 1 aliphatic carbocycles. The Morgan fingerprint density at radius 1 is 1.33 bits per heavy atom. The molecule has 2 rings (SSSR count). The number of aliphatic hydroxyl groups is 1. The van der Waals surface area contributed by atoms with Gasteiger partial charge in [-0.3, -0.25) is 0 Å². The van der Waals surface area contributed by atoms with Gasteiger partial charge in [0.15, 0.2) is 0 Å². The van der Waals surface area contributed by atoms with Crippen molar-refractivity contribution in [3.05, 3.63) is 0 Å². The van der Waals surface area contributed by atoms with Crippen LogP contribution < -0.4 is 5.73 Å². The third-order valence-corrected chi connectivity index (χ3v) is 3.44. The summed E-state index contributed by atoms with van der Waals surface area (Å²) < 4.78 is 10.9. The Hall–Kier alpha value is -0.160. The third-order valence-electron chi connectivity index (χ3n) is 3.44. The number of rotatable bonds is 3. The summed E-state index contributed by atoms with van der Waals surface area (Å²) in [5.41, 5.74) is 5.16. The van der Waals surface area contributed by atoms with Crippen LogP contribution in [0.25, 0.3) is 0 Å². The zero-order valence-electron chi connectivity index (χ0n) is 9.15. The SMILES string of the molecule is N[C@H]1CC[C@](O)(CO[C@H]2CCOC2)CC1. The maximum absolute atomic E-state index is 10.2. The molecule has 88 valence electrons. The molecule has 1 atom stereocenters. The van der Waals surface area contributed by atoms with Crippen LogP contribution in [0.2, 0.25) is 0 Å². The van der Waals surface area contributed by atoms with Crippen LogP contribution in [0.4, 0.5) is 0 Å². The van der Waals surface area contributed by atoms with Gasteiger partial charge in [-0.15, -0.1) is 0 Å². The molecule has 15 heavy (non-hydrogen) atoms. The van der Waals surface area contributed by atoms with Crippen molar-refractivity contribution >= 4 is 0 Å². The van der Waals surface area contributed by atoms with Gasteiger partial charge in [0.2, 0.25) is 0 Å². The normalized spacial score (nSPS) is 42.0. The molecule has 0 amide bonds. The molecule has 4 nitrogen and oxygen atoms in total. The van der Waals surface area contributed by atoms with Gasteiger partial charge in [-0.25, -0.2) is 0 Å². The molecule has 0 aromatic heterocycles. The number of hydrogen-bond acceptors (Lipinski definition) is 4. The molecular formula is C11H21NO3. The van der Waals surface area contributed by atoms with Crippen molar-refractivity contribution in [2.24, 2.45) is 5.73 Å². The number of nitrogens with two attached hydrogens (primary N) is 1. The van der Waals surface area contributed by atoms with Gasteiger partial charge in [-0.05, 0) is 32.1 Å². The van der Waals surface area contributed by atoms with Crippen LogP contribution in [0.5, 0.6) is 0 Å². The molecule has 4 heteroatoms. The van der Waals surface area contributed by atoms with Crippen LogP contribution in [-0.2, 0) is 9.47 Å². The molecule has 1 aliphatic heterocycles. The fraction of sp³-hybridized carbons (Fsp3) is 1.00. The Kier molecular flexibility index (Phi) is 3.61. The summed E-state index contributed by atoms with van der Waals surface area (Å²) in [5.74, 6) is 0. The van der Waals surface area contributed by atoms with E-state index in [9.17, 15) is 5.11 Å². The maximum atomic E-state index is 10.2. The lowest BCUT2D eigenvalue weighted by molar-refractivity contribution is -0.0923. The highest BCUT2D eigenvalue weighted by Gasteiger charge is 2.33. The van der Waals surface area contributed by atoms with E-state index >= 15 is 0 Å². The molecule has 1 saturated heterocycles. The van der Waals surface area contributed by atoms with E-state index in [1.807, 2.05) is 0 Å². The van der Waals surface area contributed by atoms with Gasteiger partial charge in [-0.2, -0.15) is 0 Å². The topological polar surface area (TPSA) is 64.7 Å².